The molecule has 4 atom stereocenters. The van der Waals surface area contributed by atoms with E-state index in [1.165, 1.54) is 51.4 Å². The van der Waals surface area contributed by atoms with E-state index in [0.717, 1.165) is 23.7 Å². The van der Waals surface area contributed by atoms with Crippen molar-refractivity contribution < 1.29 is 0 Å². The van der Waals surface area contributed by atoms with Gasteiger partial charge in [0.2, 0.25) is 0 Å². The first kappa shape index (κ1) is 13.4. The fraction of sp³-hybridized carbons (Fsp3) is 1.00. The van der Waals surface area contributed by atoms with E-state index >= 15 is 0 Å². The maximum atomic E-state index is 2.58. The molecule has 0 nitrogen and oxygen atoms in total. The zero-order valence-electron chi connectivity index (χ0n) is 12.5. The molecule has 100 valence electrons. The third-order valence-electron chi connectivity index (χ3n) is 6.34. The Bertz CT molecular complexity index is 216. The van der Waals surface area contributed by atoms with Crippen LogP contribution in [0.5, 0.6) is 0 Å². The third-order valence-corrected chi connectivity index (χ3v) is 6.34. The van der Waals surface area contributed by atoms with E-state index in [0.29, 0.717) is 5.41 Å². The molecule has 2 rings (SSSR count). The molecule has 0 bridgehead atoms. The zero-order chi connectivity index (χ0) is 12.5. The lowest BCUT2D eigenvalue weighted by molar-refractivity contribution is 0.114. The van der Waals surface area contributed by atoms with Gasteiger partial charge in [-0.1, -0.05) is 53.4 Å². The van der Waals surface area contributed by atoms with Crippen LogP contribution in [0.25, 0.3) is 0 Å². The standard InChI is InChI=1S/C17H32/c1-5-13-7-9-15(11-13)17(3,4)16-10-8-14(6-2)12-16/h13-16H,5-12H2,1-4H3/t13-,14?,15-,16-/m0/s1. The van der Waals surface area contributed by atoms with E-state index in [2.05, 4.69) is 27.7 Å². The van der Waals surface area contributed by atoms with Crippen molar-refractivity contribution in [3.63, 3.8) is 0 Å². The molecule has 2 fully saturated rings. The maximum absolute atomic E-state index is 2.58. The average Bonchev–Trinajstić information content (AvgIpc) is 2.98. The van der Waals surface area contributed by atoms with Crippen LogP contribution in [-0.4, -0.2) is 0 Å². The Hall–Kier alpha value is 0. The molecule has 0 aliphatic heterocycles. The first-order valence-corrected chi connectivity index (χ1v) is 8.07. The second kappa shape index (κ2) is 5.33. The second-order valence-electron chi connectivity index (χ2n) is 7.39. The van der Waals surface area contributed by atoms with Crippen LogP contribution in [0, 0.1) is 29.1 Å². The molecule has 0 radical (unpaired) electrons. The van der Waals surface area contributed by atoms with E-state index in [-0.39, 0.29) is 0 Å². The van der Waals surface area contributed by atoms with E-state index < -0.39 is 0 Å². The summed E-state index contributed by atoms with van der Waals surface area (Å²) in [5.74, 6) is 4.13. The topological polar surface area (TPSA) is 0 Å². The van der Waals surface area contributed by atoms with Gasteiger partial charge >= 0.3 is 0 Å². The van der Waals surface area contributed by atoms with Gasteiger partial charge < -0.3 is 0 Å². The Balaban J connectivity index is 1.94. The third kappa shape index (κ3) is 2.71. The minimum Gasteiger partial charge on any atom is -0.0651 e. The van der Waals surface area contributed by atoms with Crippen molar-refractivity contribution in [1.29, 1.82) is 0 Å². The molecule has 0 aromatic rings. The highest BCUT2D eigenvalue weighted by Crippen LogP contribution is 2.52. The Morgan fingerprint density at radius 1 is 0.765 bits per heavy atom. The zero-order valence-corrected chi connectivity index (χ0v) is 12.5. The number of rotatable bonds is 4. The van der Waals surface area contributed by atoms with Gasteiger partial charge in [-0.25, -0.2) is 0 Å². The van der Waals surface area contributed by atoms with Gasteiger partial charge in [0.25, 0.3) is 0 Å². The van der Waals surface area contributed by atoms with E-state index in [9.17, 15) is 0 Å². The molecule has 2 aliphatic carbocycles. The highest BCUT2D eigenvalue weighted by molar-refractivity contribution is 4.93. The van der Waals surface area contributed by atoms with Gasteiger partial charge in [-0.15, -0.1) is 0 Å². The van der Waals surface area contributed by atoms with Crippen LogP contribution in [0.2, 0.25) is 0 Å². The highest BCUT2D eigenvalue weighted by Gasteiger charge is 2.42. The highest BCUT2D eigenvalue weighted by atomic mass is 14.5. The van der Waals surface area contributed by atoms with Crippen molar-refractivity contribution in [2.75, 3.05) is 0 Å². The second-order valence-corrected chi connectivity index (χ2v) is 7.39. The van der Waals surface area contributed by atoms with Crippen LogP contribution in [0.1, 0.15) is 79.1 Å². The van der Waals surface area contributed by atoms with Crippen molar-refractivity contribution in [2.24, 2.45) is 29.1 Å². The smallest absolute Gasteiger partial charge is 0.0297 e. The first-order valence-electron chi connectivity index (χ1n) is 8.07. The molecule has 0 saturated heterocycles. The van der Waals surface area contributed by atoms with Gasteiger partial charge in [0.15, 0.2) is 0 Å². The van der Waals surface area contributed by atoms with E-state index in [1.807, 2.05) is 0 Å². The summed E-state index contributed by atoms with van der Waals surface area (Å²) in [6.45, 7) is 9.92. The Kier molecular flexibility index (Phi) is 4.21. The normalized spacial score (nSPS) is 38.8. The van der Waals surface area contributed by atoms with E-state index in [4.69, 9.17) is 0 Å². The van der Waals surface area contributed by atoms with Crippen molar-refractivity contribution in [1.82, 2.24) is 0 Å². The molecule has 0 aromatic heterocycles. The molecular weight excluding hydrogens is 204 g/mol. The van der Waals surface area contributed by atoms with Crippen LogP contribution < -0.4 is 0 Å². The van der Waals surface area contributed by atoms with Crippen LogP contribution in [0.4, 0.5) is 0 Å². The molecular formula is C17H32. The van der Waals surface area contributed by atoms with Gasteiger partial charge in [0.1, 0.15) is 0 Å². The van der Waals surface area contributed by atoms with Crippen LogP contribution in [0.15, 0.2) is 0 Å². The van der Waals surface area contributed by atoms with Gasteiger partial charge in [-0.2, -0.15) is 0 Å². The Morgan fingerprint density at radius 3 is 1.47 bits per heavy atom. The summed E-state index contributed by atoms with van der Waals surface area (Å²) in [5.41, 5.74) is 0.619. The van der Waals surface area contributed by atoms with Gasteiger partial charge in [-0.05, 0) is 54.8 Å². The minimum atomic E-state index is 0.619. The fourth-order valence-electron chi connectivity index (χ4n) is 4.58. The van der Waals surface area contributed by atoms with Crippen LogP contribution in [0.3, 0.4) is 0 Å². The summed E-state index contributed by atoms with van der Waals surface area (Å²) >= 11 is 0. The van der Waals surface area contributed by atoms with Crippen LogP contribution >= 0.6 is 0 Å². The number of hydrogen-bond donors (Lipinski definition) is 0. The fourth-order valence-corrected chi connectivity index (χ4v) is 4.58. The lowest BCUT2D eigenvalue weighted by atomic mass is 9.67. The lowest BCUT2D eigenvalue weighted by Crippen LogP contribution is -2.30. The molecule has 2 aliphatic rings. The summed E-state index contributed by atoms with van der Waals surface area (Å²) in [7, 11) is 0. The van der Waals surface area contributed by atoms with Crippen molar-refractivity contribution in [2.45, 2.75) is 79.1 Å². The molecule has 0 heteroatoms. The summed E-state index contributed by atoms with van der Waals surface area (Å²) in [5, 5.41) is 0. The van der Waals surface area contributed by atoms with Crippen molar-refractivity contribution in [3.8, 4) is 0 Å². The summed E-state index contributed by atoms with van der Waals surface area (Å²) in [4.78, 5) is 0. The van der Waals surface area contributed by atoms with Gasteiger partial charge in [0, 0.05) is 0 Å². The molecule has 0 N–H and O–H groups in total. The molecule has 17 heavy (non-hydrogen) atoms. The first-order chi connectivity index (χ1) is 8.07. The Morgan fingerprint density at radius 2 is 1.18 bits per heavy atom. The molecule has 0 amide bonds. The summed E-state index contributed by atoms with van der Waals surface area (Å²) in [6, 6.07) is 0. The maximum Gasteiger partial charge on any atom is -0.0297 e. The lowest BCUT2D eigenvalue weighted by Gasteiger charge is -2.38. The molecule has 0 heterocycles. The largest absolute Gasteiger partial charge is 0.0651 e. The SMILES string of the molecule is CCC1CC[C@H](C(C)(C)[C@H]2CC[C@H](CC)C2)C1. The molecule has 0 spiro atoms. The van der Waals surface area contributed by atoms with Crippen molar-refractivity contribution >= 4 is 0 Å². The summed E-state index contributed by atoms with van der Waals surface area (Å²) in [6.07, 6.45) is 11.9. The Labute approximate surface area is 109 Å². The average molecular weight is 236 g/mol. The predicted octanol–water partition coefficient (Wildman–Crippen LogP) is 5.67. The molecule has 2 saturated carbocycles. The predicted molar refractivity (Wildman–Crippen MR) is 76.0 cm³/mol. The molecule has 0 aromatic carbocycles. The summed E-state index contributed by atoms with van der Waals surface area (Å²) < 4.78 is 0. The van der Waals surface area contributed by atoms with Gasteiger partial charge in [0.05, 0.1) is 0 Å². The molecule has 1 unspecified atom stereocenters. The van der Waals surface area contributed by atoms with Gasteiger partial charge in [-0.3, -0.25) is 0 Å². The van der Waals surface area contributed by atoms with Crippen LogP contribution in [-0.2, 0) is 0 Å². The minimum absolute atomic E-state index is 0.619. The quantitative estimate of drug-likeness (QED) is 0.590. The monoisotopic (exact) mass is 236 g/mol. The van der Waals surface area contributed by atoms with Crippen molar-refractivity contribution in [3.05, 3.63) is 0 Å². The van der Waals surface area contributed by atoms with E-state index in [1.54, 1.807) is 0 Å². The number of hydrogen-bond acceptors (Lipinski definition) is 0.